The average molecular weight is 527 g/mol. The molecule has 0 bridgehead atoms. The van der Waals surface area contributed by atoms with Crippen LogP contribution < -0.4 is 20.1 Å². The highest BCUT2D eigenvalue weighted by molar-refractivity contribution is 14.0. The van der Waals surface area contributed by atoms with E-state index in [0.717, 1.165) is 61.9 Å². The molecule has 2 aromatic carbocycles. The summed E-state index contributed by atoms with van der Waals surface area (Å²) in [5, 5.41) is 16.2. The lowest BCUT2D eigenvalue weighted by Gasteiger charge is -2.12. The number of hydrogen-bond donors (Lipinski definition) is 3. The highest BCUT2D eigenvalue weighted by Crippen LogP contribution is 2.28. The van der Waals surface area contributed by atoms with Crippen molar-refractivity contribution >= 4 is 29.9 Å². The molecule has 0 aliphatic rings. The summed E-state index contributed by atoms with van der Waals surface area (Å²) in [7, 11) is 1.65. The second kappa shape index (κ2) is 14.8. The molecule has 2 rings (SSSR count). The second-order valence-corrected chi connectivity index (χ2v) is 6.63. The summed E-state index contributed by atoms with van der Waals surface area (Å²) in [4.78, 5) is 4.66. The number of aliphatic imine (C=N–C) groups is 1. The van der Waals surface area contributed by atoms with Gasteiger partial charge in [0.2, 0.25) is 0 Å². The van der Waals surface area contributed by atoms with Crippen molar-refractivity contribution in [2.75, 3.05) is 33.4 Å². The third-order valence-corrected chi connectivity index (χ3v) is 4.38. The third-order valence-electron chi connectivity index (χ3n) is 4.38. The van der Waals surface area contributed by atoms with Gasteiger partial charge in [-0.3, -0.25) is 4.99 Å². The van der Waals surface area contributed by atoms with Crippen LogP contribution in [0.2, 0.25) is 0 Å². The van der Waals surface area contributed by atoms with E-state index in [2.05, 4.69) is 28.6 Å². The molecule has 0 atom stereocenters. The molecule has 0 fully saturated rings. The number of nitrogens with zero attached hydrogens (tertiary/aromatic N) is 1. The molecule has 3 N–H and O–H groups in total. The molecule has 0 saturated heterocycles. The van der Waals surface area contributed by atoms with Crippen molar-refractivity contribution in [3.8, 4) is 17.2 Å². The van der Waals surface area contributed by atoms with E-state index >= 15 is 0 Å². The highest BCUT2D eigenvalue weighted by atomic mass is 127. The van der Waals surface area contributed by atoms with Gasteiger partial charge in [0.05, 0.1) is 13.7 Å². The molecule has 7 heteroatoms. The molecule has 0 heterocycles. The summed E-state index contributed by atoms with van der Waals surface area (Å²) in [6.07, 6.45) is 2.70. The van der Waals surface area contributed by atoms with Gasteiger partial charge in [0.25, 0.3) is 0 Å². The van der Waals surface area contributed by atoms with Crippen molar-refractivity contribution in [2.45, 2.75) is 33.1 Å². The molecule has 30 heavy (non-hydrogen) atoms. The number of benzene rings is 2. The summed E-state index contributed by atoms with van der Waals surface area (Å²) in [6.45, 7) is 6.94. The van der Waals surface area contributed by atoms with E-state index in [9.17, 15) is 5.11 Å². The number of methoxy groups -OCH3 is 1. The minimum absolute atomic E-state index is 0. The molecule has 2 aromatic rings. The summed E-state index contributed by atoms with van der Waals surface area (Å²) >= 11 is 0. The number of guanidine groups is 1. The van der Waals surface area contributed by atoms with Crippen LogP contribution in [0.4, 0.5) is 0 Å². The number of phenols is 1. The van der Waals surface area contributed by atoms with Crippen molar-refractivity contribution in [1.29, 1.82) is 0 Å². The molecule has 0 radical (unpaired) electrons. The standard InChI is InChI=1S/C23H33N3O3.HI/c1-4-24-23(26-15-13-19-8-6-10-20(27)16-19)25-14-7-9-18-11-12-21(28-3)22(17-18)29-5-2;/h6,8,10-12,16-17,27H,4-5,7,9,13-15H2,1-3H3,(H2,24,25,26);1H. The van der Waals surface area contributed by atoms with Crippen LogP contribution in [0.25, 0.3) is 0 Å². The first-order valence-corrected chi connectivity index (χ1v) is 10.3. The topological polar surface area (TPSA) is 75.1 Å². The van der Waals surface area contributed by atoms with E-state index in [-0.39, 0.29) is 24.0 Å². The average Bonchev–Trinajstić information content (AvgIpc) is 2.71. The maximum atomic E-state index is 9.55. The summed E-state index contributed by atoms with van der Waals surface area (Å²) in [5.41, 5.74) is 2.31. The quantitative estimate of drug-likeness (QED) is 0.177. The summed E-state index contributed by atoms with van der Waals surface area (Å²) in [6, 6.07) is 13.4. The van der Waals surface area contributed by atoms with Crippen molar-refractivity contribution in [1.82, 2.24) is 10.6 Å². The maximum absolute atomic E-state index is 9.55. The van der Waals surface area contributed by atoms with Gasteiger partial charge in [0, 0.05) is 19.6 Å². The molecule has 0 spiro atoms. The molecule has 0 aliphatic heterocycles. The SMILES string of the molecule is CCNC(=NCCCc1ccc(OC)c(OCC)c1)NCCc1cccc(O)c1.I. The van der Waals surface area contributed by atoms with Crippen molar-refractivity contribution < 1.29 is 14.6 Å². The van der Waals surface area contributed by atoms with Gasteiger partial charge in [-0.2, -0.15) is 0 Å². The van der Waals surface area contributed by atoms with E-state index in [1.54, 1.807) is 19.2 Å². The zero-order valence-electron chi connectivity index (χ0n) is 18.1. The van der Waals surface area contributed by atoms with Crippen LogP contribution in [0.15, 0.2) is 47.5 Å². The largest absolute Gasteiger partial charge is 0.508 e. The van der Waals surface area contributed by atoms with Gasteiger partial charge in [-0.1, -0.05) is 18.2 Å². The lowest BCUT2D eigenvalue weighted by molar-refractivity contribution is 0.310. The monoisotopic (exact) mass is 527 g/mol. The van der Waals surface area contributed by atoms with E-state index in [0.29, 0.717) is 12.4 Å². The Kier molecular flexibility index (Phi) is 12.7. The Morgan fingerprint density at radius 1 is 1.00 bits per heavy atom. The van der Waals surface area contributed by atoms with Gasteiger partial charge in [-0.15, -0.1) is 24.0 Å². The fraction of sp³-hybridized carbons (Fsp3) is 0.435. The van der Waals surface area contributed by atoms with Gasteiger partial charge >= 0.3 is 0 Å². The molecule has 0 amide bonds. The highest BCUT2D eigenvalue weighted by Gasteiger charge is 2.05. The van der Waals surface area contributed by atoms with Crippen molar-refractivity contribution in [2.24, 2.45) is 4.99 Å². The van der Waals surface area contributed by atoms with Gasteiger partial charge in [-0.25, -0.2) is 0 Å². The third kappa shape index (κ3) is 9.11. The molecule has 0 saturated carbocycles. The fourth-order valence-corrected chi connectivity index (χ4v) is 3.00. The normalized spacial score (nSPS) is 10.8. The van der Waals surface area contributed by atoms with Gasteiger partial charge < -0.3 is 25.2 Å². The van der Waals surface area contributed by atoms with Crippen LogP contribution in [0, 0.1) is 0 Å². The number of aromatic hydroxyl groups is 1. The number of aryl methyl sites for hydroxylation is 1. The van der Waals surface area contributed by atoms with Crippen LogP contribution in [0.5, 0.6) is 17.2 Å². The summed E-state index contributed by atoms with van der Waals surface area (Å²) < 4.78 is 11.0. The van der Waals surface area contributed by atoms with Crippen LogP contribution in [0.3, 0.4) is 0 Å². The molecule has 6 nitrogen and oxygen atoms in total. The minimum atomic E-state index is 0. The predicted molar refractivity (Wildman–Crippen MR) is 134 cm³/mol. The molecular weight excluding hydrogens is 493 g/mol. The Hall–Kier alpha value is -2.16. The minimum Gasteiger partial charge on any atom is -0.508 e. The van der Waals surface area contributed by atoms with Crippen LogP contribution >= 0.6 is 24.0 Å². The lowest BCUT2D eigenvalue weighted by atomic mass is 10.1. The van der Waals surface area contributed by atoms with Gasteiger partial charge in [0.15, 0.2) is 17.5 Å². The lowest BCUT2D eigenvalue weighted by Crippen LogP contribution is -2.38. The Morgan fingerprint density at radius 2 is 1.80 bits per heavy atom. The van der Waals surface area contributed by atoms with E-state index < -0.39 is 0 Å². The second-order valence-electron chi connectivity index (χ2n) is 6.63. The molecule has 166 valence electrons. The van der Waals surface area contributed by atoms with Crippen molar-refractivity contribution in [3.05, 3.63) is 53.6 Å². The number of nitrogens with one attached hydrogen (secondary N) is 2. The van der Waals surface area contributed by atoms with E-state index in [4.69, 9.17) is 9.47 Å². The smallest absolute Gasteiger partial charge is 0.191 e. The Balaban J connectivity index is 0.00000450. The number of phenolic OH excluding ortho intramolecular Hbond substituents is 1. The van der Waals surface area contributed by atoms with Crippen LogP contribution in [0.1, 0.15) is 31.4 Å². The fourth-order valence-electron chi connectivity index (χ4n) is 3.00. The molecule has 0 unspecified atom stereocenters. The number of rotatable bonds is 11. The molecule has 0 aromatic heterocycles. The maximum Gasteiger partial charge on any atom is 0.191 e. The first kappa shape index (κ1) is 25.9. The number of halogens is 1. The Labute approximate surface area is 197 Å². The van der Waals surface area contributed by atoms with Gasteiger partial charge in [0.1, 0.15) is 5.75 Å². The summed E-state index contributed by atoms with van der Waals surface area (Å²) in [5.74, 6) is 2.67. The van der Waals surface area contributed by atoms with E-state index in [1.807, 2.05) is 31.2 Å². The van der Waals surface area contributed by atoms with E-state index in [1.165, 1.54) is 5.56 Å². The predicted octanol–water partition coefficient (Wildman–Crippen LogP) is 4.15. The molecule has 0 aliphatic carbocycles. The zero-order valence-corrected chi connectivity index (χ0v) is 20.4. The molecular formula is C23H34IN3O3. The first-order valence-electron chi connectivity index (χ1n) is 10.3. The van der Waals surface area contributed by atoms with Crippen LogP contribution in [-0.4, -0.2) is 44.4 Å². The Morgan fingerprint density at radius 3 is 2.50 bits per heavy atom. The Bertz CT molecular complexity index is 784. The first-order chi connectivity index (χ1) is 14.2. The zero-order chi connectivity index (χ0) is 20.9. The van der Waals surface area contributed by atoms with Gasteiger partial charge in [-0.05, 0) is 68.5 Å². The van der Waals surface area contributed by atoms with Crippen LogP contribution in [-0.2, 0) is 12.8 Å². The number of ether oxygens (including phenoxy) is 2. The number of hydrogen-bond acceptors (Lipinski definition) is 4. The van der Waals surface area contributed by atoms with Crippen molar-refractivity contribution in [3.63, 3.8) is 0 Å².